The molecule has 0 N–H and O–H groups in total. The van der Waals surface area contributed by atoms with Gasteiger partial charge in [0.1, 0.15) is 0 Å². The van der Waals surface area contributed by atoms with Gasteiger partial charge in [-0.15, -0.1) is 0 Å². The maximum Gasteiger partial charge on any atom is 0.0562 e. The van der Waals surface area contributed by atoms with Crippen molar-refractivity contribution in [3.63, 3.8) is 0 Å². The highest BCUT2D eigenvalue weighted by molar-refractivity contribution is 6.19. The zero-order valence-electron chi connectivity index (χ0n) is 23.2. The molecule has 2 heterocycles. The Balaban J connectivity index is 1.43. The number of hydrogen-bond acceptors (Lipinski definition) is 0. The molecular formula is C40H28N2. The number of nitrogens with zero attached hydrogens (tertiary/aromatic N) is 2. The van der Waals surface area contributed by atoms with Crippen molar-refractivity contribution in [2.24, 2.45) is 0 Å². The van der Waals surface area contributed by atoms with E-state index < -0.39 is 0 Å². The standard InChI is InChI=1S/C40H28N2/c1-3-13-27(14-4-1)34-24-30(23-28-15-7-8-18-31(28)34)42-38-22-12-10-20-33(38)36-25-35-32-19-9-11-21-37(32)41(39(35)26-40(36)42)29-16-5-2-6-17-29/h1-5,7-16,18-26H,6,17H2. The highest BCUT2D eigenvalue weighted by atomic mass is 15.0. The van der Waals surface area contributed by atoms with Gasteiger partial charge in [-0.2, -0.15) is 0 Å². The fourth-order valence-electron chi connectivity index (χ4n) is 7.08. The molecule has 6 aromatic carbocycles. The minimum atomic E-state index is 1.04. The van der Waals surface area contributed by atoms with E-state index in [0.717, 1.165) is 12.8 Å². The number of aromatic nitrogens is 2. The molecule has 1 aliphatic rings. The highest BCUT2D eigenvalue weighted by Gasteiger charge is 2.20. The van der Waals surface area contributed by atoms with Gasteiger partial charge in [-0.1, -0.05) is 103 Å². The first-order chi connectivity index (χ1) is 20.8. The average Bonchev–Trinajstić information content (AvgIpc) is 3.56. The molecule has 1 aliphatic carbocycles. The van der Waals surface area contributed by atoms with Crippen molar-refractivity contribution >= 4 is 60.1 Å². The van der Waals surface area contributed by atoms with Crippen molar-refractivity contribution in [3.05, 3.63) is 146 Å². The molecule has 0 saturated carbocycles. The summed E-state index contributed by atoms with van der Waals surface area (Å²) in [6.45, 7) is 0. The van der Waals surface area contributed by atoms with E-state index in [2.05, 4.69) is 155 Å². The summed E-state index contributed by atoms with van der Waals surface area (Å²) in [4.78, 5) is 0. The Labute approximate surface area is 244 Å². The van der Waals surface area contributed by atoms with Gasteiger partial charge in [0.25, 0.3) is 0 Å². The van der Waals surface area contributed by atoms with Gasteiger partial charge in [0.05, 0.1) is 22.1 Å². The van der Waals surface area contributed by atoms with Crippen molar-refractivity contribution < 1.29 is 0 Å². The second-order valence-electron chi connectivity index (χ2n) is 11.3. The molecule has 0 saturated heterocycles. The first-order valence-electron chi connectivity index (χ1n) is 14.8. The molecule has 9 rings (SSSR count). The minimum absolute atomic E-state index is 1.04. The van der Waals surface area contributed by atoms with Gasteiger partial charge in [-0.05, 0) is 77.2 Å². The van der Waals surface area contributed by atoms with Gasteiger partial charge in [-0.3, -0.25) is 0 Å². The molecule has 0 radical (unpaired) electrons. The third-order valence-electron chi connectivity index (χ3n) is 8.93. The summed E-state index contributed by atoms with van der Waals surface area (Å²) in [6.07, 6.45) is 8.86. The zero-order chi connectivity index (χ0) is 27.6. The van der Waals surface area contributed by atoms with Crippen molar-refractivity contribution in [3.8, 4) is 16.8 Å². The number of benzene rings is 6. The van der Waals surface area contributed by atoms with E-state index in [9.17, 15) is 0 Å². The normalized spacial score (nSPS) is 13.6. The van der Waals surface area contributed by atoms with Crippen molar-refractivity contribution in [2.45, 2.75) is 12.8 Å². The monoisotopic (exact) mass is 536 g/mol. The third-order valence-corrected chi connectivity index (χ3v) is 8.93. The molecule has 2 nitrogen and oxygen atoms in total. The van der Waals surface area contributed by atoms with E-state index in [1.54, 1.807) is 0 Å². The van der Waals surface area contributed by atoms with Gasteiger partial charge in [0.2, 0.25) is 0 Å². The topological polar surface area (TPSA) is 9.86 Å². The number of para-hydroxylation sites is 2. The van der Waals surface area contributed by atoms with Crippen LogP contribution in [0.25, 0.3) is 76.9 Å². The Morgan fingerprint density at radius 2 is 1.12 bits per heavy atom. The third kappa shape index (κ3) is 3.39. The van der Waals surface area contributed by atoms with Crippen LogP contribution in [0.5, 0.6) is 0 Å². The molecule has 0 fully saturated rings. The molecule has 0 unspecified atom stereocenters. The van der Waals surface area contributed by atoms with Crippen LogP contribution in [0, 0.1) is 0 Å². The number of fused-ring (bicyclic) bond motifs is 7. The van der Waals surface area contributed by atoms with E-state index in [1.807, 2.05) is 0 Å². The molecule has 2 heteroatoms. The van der Waals surface area contributed by atoms with Gasteiger partial charge in [0.15, 0.2) is 0 Å². The fourth-order valence-corrected chi connectivity index (χ4v) is 7.08. The average molecular weight is 537 g/mol. The van der Waals surface area contributed by atoms with Crippen LogP contribution in [-0.4, -0.2) is 9.13 Å². The molecule has 0 bridgehead atoms. The molecule has 42 heavy (non-hydrogen) atoms. The van der Waals surface area contributed by atoms with Gasteiger partial charge >= 0.3 is 0 Å². The Hall–Kier alpha value is -5.34. The summed E-state index contributed by atoms with van der Waals surface area (Å²) in [5.41, 5.74) is 10.0. The van der Waals surface area contributed by atoms with E-state index in [-0.39, 0.29) is 0 Å². The minimum Gasteiger partial charge on any atom is -0.313 e. The lowest BCUT2D eigenvalue weighted by atomic mass is 9.97. The van der Waals surface area contributed by atoms with E-state index in [4.69, 9.17) is 0 Å². The van der Waals surface area contributed by atoms with Crippen molar-refractivity contribution in [1.82, 2.24) is 9.13 Å². The lowest BCUT2D eigenvalue weighted by Crippen LogP contribution is -1.99. The van der Waals surface area contributed by atoms with Crippen molar-refractivity contribution in [1.29, 1.82) is 0 Å². The molecule has 0 aliphatic heterocycles. The first kappa shape index (κ1) is 23.4. The van der Waals surface area contributed by atoms with Crippen LogP contribution in [0.4, 0.5) is 0 Å². The highest BCUT2D eigenvalue weighted by Crippen LogP contribution is 2.41. The predicted octanol–water partition coefficient (Wildman–Crippen LogP) is 10.9. The van der Waals surface area contributed by atoms with Crippen molar-refractivity contribution in [2.75, 3.05) is 0 Å². The van der Waals surface area contributed by atoms with Crippen LogP contribution >= 0.6 is 0 Å². The molecular weight excluding hydrogens is 508 g/mol. The van der Waals surface area contributed by atoms with E-state index in [0.29, 0.717) is 0 Å². The Kier molecular flexibility index (Phi) is 5.06. The van der Waals surface area contributed by atoms with Crippen LogP contribution in [0.2, 0.25) is 0 Å². The number of allylic oxidation sites excluding steroid dienone is 4. The summed E-state index contributed by atoms with van der Waals surface area (Å²) < 4.78 is 4.96. The second kappa shape index (κ2) is 9.09. The maximum absolute atomic E-state index is 2.49. The maximum atomic E-state index is 2.49. The van der Waals surface area contributed by atoms with Gasteiger partial charge in [-0.25, -0.2) is 0 Å². The van der Waals surface area contributed by atoms with Crippen LogP contribution in [-0.2, 0) is 0 Å². The Morgan fingerprint density at radius 3 is 1.86 bits per heavy atom. The quantitative estimate of drug-likeness (QED) is 0.212. The van der Waals surface area contributed by atoms with E-state index in [1.165, 1.54) is 76.9 Å². The largest absolute Gasteiger partial charge is 0.313 e. The predicted molar refractivity (Wildman–Crippen MR) is 179 cm³/mol. The molecule has 0 spiro atoms. The molecule has 0 amide bonds. The molecule has 2 aromatic heterocycles. The number of rotatable bonds is 3. The lowest BCUT2D eigenvalue weighted by molar-refractivity contribution is 0.979. The van der Waals surface area contributed by atoms with Gasteiger partial charge < -0.3 is 9.13 Å². The summed E-state index contributed by atoms with van der Waals surface area (Å²) in [6, 6.07) is 46.8. The summed E-state index contributed by atoms with van der Waals surface area (Å²) in [5, 5.41) is 7.69. The van der Waals surface area contributed by atoms with Crippen LogP contribution < -0.4 is 0 Å². The van der Waals surface area contributed by atoms with Crippen LogP contribution in [0.1, 0.15) is 12.8 Å². The molecule has 8 aromatic rings. The van der Waals surface area contributed by atoms with E-state index >= 15 is 0 Å². The number of hydrogen-bond donors (Lipinski definition) is 0. The smallest absolute Gasteiger partial charge is 0.0562 e. The first-order valence-corrected chi connectivity index (χ1v) is 14.8. The van der Waals surface area contributed by atoms with Crippen LogP contribution in [0.15, 0.2) is 146 Å². The zero-order valence-corrected chi connectivity index (χ0v) is 23.2. The summed E-state index contributed by atoms with van der Waals surface area (Å²) >= 11 is 0. The Morgan fingerprint density at radius 1 is 0.476 bits per heavy atom. The van der Waals surface area contributed by atoms with Crippen LogP contribution in [0.3, 0.4) is 0 Å². The Bertz CT molecular complexity index is 2400. The summed E-state index contributed by atoms with van der Waals surface area (Å²) in [5.74, 6) is 0. The van der Waals surface area contributed by atoms with Gasteiger partial charge in [0, 0.05) is 32.9 Å². The molecule has 198 valence electrons. The second-order valence-corrected chi connectivity index (χ2v) is 11.3. The lowest BCUT2D eigenvalue weighted by Gasteiger charge is -2.15. The summed E-state index contributed by atoms with van der Waals surface area (Å²) in [7, 11) is 0. The SMILES string of the molecule is C1=CCCC(n2c3ccccc3c3cc4c5ccccc5n(-c5cc(-c6ccccc6)c6ccccc6c5)c4cc32)=C1. The fraction of sp³-hybridized carbons (Fsp3) is 0.0500. The molecule has 0 atom stereocenters.